The number of hydrogen-bond donors (Lipinski definition) is 1. The van der Waals surface area contributed by atoms with E-state index in [1.54, 1.807) is 0 Å². The Morgan fingerprint density at radius 3 is 2.78 bits per heavy atom. The number of carbonyl (C=O) groups is 1. The number of nitrogens with one attached hydrogen (secondary N) is 1. The number of ketones is 1. The summed E-state index contributed by atoms with van der Waals surface area (Å²) >= 11 is 0. The maximum Gasteiger partial charge on any atom is 0.181 e. The molecule has 2 rings (SSSR count). The van der Waals surface area contributed by atoms with E-state index >= 15 is 0 Å². The van der Waals surface area contributed by atoms with Crippen molar-refractivity contribution in [3.63, 3.8) is 0 Å². The van der Waals surface area contributed by atoms with Gasteiger partial charge in [-0.3, -0.25) is 4.79 Å². The van der Waals surface area contributed by atoms with Crippen LogP contribution in [0.15, 0.2) is 24.4 Å². The van der Waals surface area contributed by atoms with E-state index in [-0.39, 0.29) is 11.8 Å². The summed E-state index contributed by atoms with van der Waals surface area (Å²) in [6.07, 6.45) is 2.74. The zero-order chi connectivity index (χ0) is 13.3. The standard InChI is InChI=1S/C15H20N2O/c1-5-13(16-3)15(18)12-9-17(4)14-8-10(2)6-7-11(12)14/h6-9,13,16H,5H2,1-4H3. The Morgan fingerprint density at radius 2 is 2.17 bits per heavy atom. The van der Waals surface area contributed by atoms with Crippen molar-refractivity contribution in [1.82, 2.24) is 9.88 Å². The first-order chi connectivity index (χ1) is 8.58. The van der Waals surface area contributed by atoms with Crippen LogP contribution in [0.1, 0.15) is 29.3 Å². The van der Waals surface area contributed by atoms with E-state index in [1.165, 1.54) is 5.56 Å². The van der Waals surface area contributed by atoms with Crippen molar-refractivity contribution in [1.29, 1.82) is 0 Å². The number of Topliss-reactive ketones (excluding diaryl/α,β-unsaturated/α-hetero) is 1. The molecule has 0 saturated heterocycles. The van der Waals surface area contributed by atoms with Gasteiger partial charge in [-0.2, -0.15) is 0 Å². The summed E-state index contributed by atoms with van der Waals surface area (Å²) in [6, 6.07) is 6.11. The largest absolute Gasteiger partial charge is 0.350 e. The van der Waals surface area contributed by atoms with Crippen LogP contribution in [0.5, 0.6) is 0 Å². The first-order valence-electron chi connectivity index (χ1n) is 6.35. The number of fused-ring (bicyclic) bond motifs is 1. The molecular weight excluding hydrogens is 224 g/mol. The minimum Gasteiger partial charge on any atom is -0.350 e. The second-order valence-electron chi connectivity index (χ2n) is 4.79. The van der Waals surface area contributed by atoms with Crippen LogP contribution in [0.2, 0.25) is 0 Å². The van der Waals surface area contributed by atoms with Crippen molar-refractivity contribution in [3.05, 3.63) is 35.5 Å². The average Bonchev–Trinajstić information content (AvgIpc) is 2.68. The smallest absolute Gasteiger partial charge is 0.181 e. The van der Waals surface area contributed by atoms with Crippen LogP contribution in [0.3, 0.4) is 0 Å². The van der Waals surface area contributed by atoms with Gasteiger partial charge in [0.2, 0.25) is 0 Å². The van der Waals surface area contributed by atoms with Gasteiger partial charge < -0.3 is 9.88 Å². The van der Waals surface area contributed by atoms with E-state index < -0.39 is 0 Å². The first-order valence-corrected chi connectivity index (χ1v) is 6.35. The molecule has 0 aliphatic heterocycles. The molecule has 1 aromatic heterocycles. The summed E-state index contributed by atoms with van der Waals surface area (Å²) < 4.78 is 2.03. The lowest BCUT2D eigenvalue weighted by Crippen LogP contribution is -2.33. The number of aromatic nitrogens is 1. The molecule has 0 aliphatic rings. The van der Waals surface area contributed by atoms with Gasteiger partial charge in [-0.1, -0.05) is 19.1 Å². The molecule has 3 heteroatoms. The molecule has 0 fully saturated rings. The first kappa shape index (κ1) is 12.8. The van der Waals surface area contributed by atoms with Crippen molar-refractivity contribution in [2.24, 2.45) is 7.05 Å². The van der Waals surface area contributed by atoms with Crippen LogP contribution in [0, 0.1) is 6.92 Å². The molecule has 1 N–H and O–H groups in total. The fourth-order valence-corrected chi connectivity index (χ4v) is 2.40. The highest BCUT2D eigenvalue weighted by atomic mass is 16.1. The lowest BCUT2D eigenvalue weighted by atomic mass is 10.0. The van der Waals surface area contributed by atoms with Gasteiger partial charge in [-0.25, -0.2) is 0 Å². The number of rotatable bonds is 4. The molecule has 1 aromatic carbocycles. The highest BCUT2D eigenvalue weighted by molar-refractivity contribution is 6.10. The summed E-state index contributed by atoms with van der Waals surface area (Å²) in [6.45, 7) is 4.09. The van der Waals surface area contributed by atoms with Crippen LogP contribution in [0.4, 0.5) is 0 Å². The molecule has 0 aliphatic carbocycles. The Balaban J connectivity index is 2.55. The zero-order valence-electron chi connectivity index (χ0n) is 11.4. The lowest BCUT2D eigenvalue weighted by Gasteiger charge is -2.11. The third-order valence-electron chi connectivity index (χ3n) is 3.48. The SMILES string of the molecule is CCC(NC)C(=O)c1cn(C)c2cc(C)ccc12. The number of carbonyl (C=O) groups excluding carboxylic acids is 1. The lowest BCUT2D eigenvalue weighted by molar-refractivity contribution is 0.0946. The monoisotopic (exact) mass is 244 g/mol. The second kappa shape index (κ2) is 4.94. The Bertz CT molecular complexity index is 579. The molecular formula is C15H20N2O. The van der Waals surface area contributed by atoms with Crippen LogP contribution >= 0.6 is 0 Å². The van der Waals surface area contributed by atoms with E-state index in [0.717, 1.165) is 22.9 Å². The molecule has 0 radical (unpaired) electrons. The minimum absolute atomic E-state index is 0.100. The maximum atomic E-state index is 12.4. The van der Waals surface area contributed by atoms with Gasteiger partial charge in [0.25, 0.3) is 0 Å². The number of nitrogens with zero attached hydrogens (tertiary/aromatic N) is 1. The Labute approximate surface area is 108 Å². The highest BCUT2D eigenvalue weighted by Crippen LogP contribution is 2.23. The molecule has 3 nitrogen and oxygen atoms in total. The topological polar surface area (TPSA) is 34.0 Å². The summed E-state index contributed by atoms with van der Waals surface area (Å²) in [5.74, 6) is 0.175. The predicted molar refractivity (Wildman–Crippen MR) is 75.1 cm³/mol. The Hall–Kier alpha value is -1.61. The second-order valence-corrected chi connectivity index (χ2v) is 4.79. The van der Waals surface area contributed by atoms with E-state index in [2.05, 4.69) is 24.4 Å². The van der Waals surface area contributed by atoms with Gasteiger partial charge >= 0.3 is 0 Å². The molecule has 0 saturated carbocycles. The molecule has 18 heavy (non-hydrogen) atoms. The van der Waals surface area contributed by atoms with Crippen molar-refractivity contribution >= 4 is 16.7 Å². The quantitative estimate of drug-likeness (QED) is 0.839. The normalized spacial score (nSPS) is 12.9. The molecule has 0 spiro atoms. The third-order valence-corrected chi connectivity index (χ3v) is 3.48. The van der Waals surface area contributed by atoms with Gasteiger partial charge in [0, 0.05) is 29.7 Å². The fraction of sp³-hybridized carbons (Fsp3) is 0.400. The molecule has 1 unspecified atom stereocenters. The van der Waals surface area contributed by atoms with Crippen molar-refractivity contribution in [3.8, 4) is 0 Å². The predicted octanol–water partition coefficient (Wildman–Crippen LogP) is 2.67. The Morgan fingerprint density at radius 1 is 1.44 bits per heavy atom. The molecule has 0 bridgehead atoms. The fourth-order valence-electron chi connectivity index (χ4n) is 2.40. The minimum atomic E-state index is -0.100. The summed E-state index contributed by atoms with van der Waals surface area (Å²) in [4.78, 5) is 12.4. The van der Waals surface area contributed by atoms with Crippen LogP contribution < -0.4 is 5.32 Å². The van der Waals surface area contributed by atoms with E-state index in [0.29, 0.717) is 0 Å². The average molecular weight is 244 g/mol. The van der Waals surface area contributed by atoms with Gasteiger partial charge in [0.15, 0.2) is 5.78 Å². The van der Waals surface area contributed by atoms with E-state index in [9.17, 15) is 4.79 Å². The molecule has 1 heterocycles. The summed E-state index contributed by atoms with van der Waals surface area (Å²) in [7, 11) is 3.82. The molecule has 2 aromatic rings. The van der Waals surface area contributed by atoms with Gasteiger partial charge in [-0.05, 0) is 32.0 Å². The van der Waals surface area contributed by atoms with Gasteiger partial charge in [0.1, 0.15) is 0 Å². The van der Waals surface area contributed by atoms with Crippen LogP contribution in [-0.2, 0) is 7.05 Å². The number of aryl methyl sites for hydroxylation is 2. The van der Waals surface area contributed by atoms with Gasteiger partial charge in [0.05, 0.1) is 6.04 Å². The van der Waals surface area contributed by atoms with Gasteiger partial charge in [-0.15, -0.1) is 0 Å². The Kier molecular flexibility index (Phi) is 3.53. The van der Waals surface area contributed by atoms with E-state index in [1.807, 2.05) is 37.8 Å². The highest BCUT2D eigenvalue weighted by Gasteiger charge is 2.20. The van der Waals surface area contributed by atoms with E-state index in [4.69, 9.17) is 0 Å². The van der Waals surface area contributed by atoms with Crippen molar-refractivity contribution in [2.75, 3.05) is 7.05 Å². The molecule has 96 valence electrons. The number of benzene rings is 1. The maximum absolute atomic E-state index is 12.4. The third kappa shape index (κ3) is 2.06. The summed E-state index contributed by atoms with van der Waals surface area (Å²) in [5.41, 5.74) is 3.14. The van der Waals surface area contributed by atoms with Crippen LogP contribution in [0.25, 0.3) is 10.9 Å². The number of hydrogen-bond acceptors (Lipinski definition) is 2. The van der Waals surface area contributed by atoms with Crippen molar-refractivity contribution < 1.29 is 4.79 Å². The zero-order valence-corrected chi connectivity index (χ0v) is 11.4. The van der Waals surface area contributed by atoms with Crippen molar-refractivity contribution in [2.45, 2.75) is 26.3 Å². The summed E-state index contributed by atoms with van der Waals surface area (Å²) in [5, 5.41) is 4.12. The molecule has 1 atom stereocenters. The number of likely N-dealkylation sites (N-methyl/N-ethyl adjacent to an activating group) is 1. The van der Waals surface area contributed by atoms with Crippen LogP contribution in [-0.4, -0.2) is 23.4 Å². The molecule has 0 amide bonds.